The van der Waals surface area contributed by atoms with Crippen LogP contribution in [-0.2, 0) is 21.4 Å². The molecule has 2 atom stereocenters. The van der Waals surface area contributed by atoms with E-state index in [4.69, 9.17) is 0 Å². The number of carbonyl (C=O) groups excluding carboxylic acids is 1. The molecule has 2 aliphatic heterocycles. The number of anilines is 1. The van der Waals surface area contributed by atoms with Gasteiger partial charge in [0.25, 0.3) is 0 Å². The molecule has 2 aromatic rings. The van der Waals surface area contributed by atoms with E-state index in [0.717, 1.165) is 23.7 Å². The van der Waals surface area contributed by atoms with E-state index < -0.39 is 10.0 Å². The van der Waals surface area contributed by atoms with E-state index in [1.807, 2.05) is 22.9 Å². The fourth-order valence-corrected chi connectivity index (χ4v) is 5.50. The fourth-order valence-electron chi connectivity index (χ4n) is 4.92. The minimum absolute atomic E-state index is 0.00286. The number of hydrogen-bond donors (Lipinski definition) is 2. The third-order valence-corrected chi connectivity index (χ3v) is 6.80. The minimum Gasteiger partial charge on any atom is -0.354 e. The van der Waals surface area contributed by atoms with Gasteiger partial charge in [0.1, 0.15) is 6.54 Å². The molecule has 2 fully saturated rings. The molecule has 8 heteroatoms. The maximum absolute atomic E-state index is 12.6. The third-order valence-electron chi connectivity index (χ3n) is 6.21. The number of amides is 1. The van der Waals surface area contributed by atoms with Crippen molar-refractivity contribution in [3.8, 4) is 0 Å². The second-order valence-corrected chi connectivity index (χ2v) is 10.1. The SMILES string of the molecule is CS(=O)(=O)Nc1cccc2c1ccn2CC(=O)NCC1CCCN2CCCCC12. The van der Waals surface area contributed by atoms with Crippen molar-refractivity contribution < 1.29 is 13.2 Å². The Morgan fingerprint density at radius 1 is 1.14 bits per heavy atom. The van der Waals surface area contributed by atoms with Crippen LogP contribution in [0.3, 0.4) is 0 Å². The molecule has 4 rings (SSSR count). The van der Waals surface area contributed by atoms with Crippen molar-refractivity contribution in [3.05, 3.63) is 30.5 Å². The molecule has 1 amide bonds. The summed E-state index contributed by atoms with van der Waals surface area (Å²) in [5.41, 5.74) is 1.37. The third kappa shape index (κ3) is 4.75. The molecule has 158 valence electrons. The Balaban J connectivity index is 1.40. The zero-order chi connectivity index (χ0) is 20.4. The van der Waals surface area contributed by atoms with Gasteiger partial charge >= 0.3 is 0 Å². The number of nitrogens with one attached hydrogen (secondary N) is 2. The normalized spacial score (nSPS) is 22.9. The molecular weight excluding hydrogens is 388 g/mol. The number of aromatic nitrogens is 1. The minimum atomic E-state index is -3.36. The number of sulfonamides is 1. The first-order valence-electron chi connectivity index (χ1n) is 10.5. The maximum Gasteiger partial charge on any atom is 0.239 e. The smallest absolute Gasteiger partial charge is 0.239 e. The lowest BCUT2D eigenvalue weighted by atomic mass is 9.83. The highest BCUT2D eigenvalue weighted by Gasteiger charge is 2.32. The maximum atomic E-state index is 12.6. The molecule has 2 N–H and O–H groups in total. The Bertz CT molecular complexity index is 983. The molecule has 0 aliphatic carbocycles. The summed E-state index contributed by atoms with van der Waals surface area (Å²) in [7, 11) is -3.36. The van der Waals surface area contributed by atoms with E-state index in [2.05, 4.69) is 14.9 Å². The summed E-state index contributed by atoms with van der Waals surface area (Å²) in [5.74, 6) is 0.539. The lowest BCUT2D eigenvalue weighted by molar-refractivity contribution is -0.122. The van der Waals surface area contributed by atoms with Crippen LogP contribution in [-0.4, -0.2) is 55.7 Å². The van der Waals surface area contributed by atoms with Gasteiger partial charge in [0.2, 0.25) is 15.9 Å². The van der Waals surface area contributed by atoms with E-state index in [1.54, 1.807) is 12.1 Å². The highest BCUT2D eigenvalue weighted by Crippen LogP contribution is 2.30. The lowest BCUT2D eigenvalue weighted by Crippen LogP contribution is -2.51. The number of benzene rings is 1. The van der Waals surface area contributed by atoms with Crippen LogP contribution in [0.5, 0.6) is 0 Å². The number of carbonyl (C=O) groups is 1. The predicted octanol–water partition coefficient (Wildman–Crippen LogP) is 2.39. The molecule has 0 spiro atoms. The zero-order valence-electron chi connectivity index (χ0n) is 16.9. The van der Waals surface area contributed by atoms with Crippen molar-refractivity contribution in [1.29, 1.82) is 0 Å². The van der Waals surface area contributed by atoms with Gasteiger partial charge in [0.15, 0.2) is 0 Å². The van der Waals surface area contributed by atoms with Crippen molar-refractivity contribution in [3.63, 3.8) is 0 Å². The molecule has 3 heterocycles. The summed E-state index contributed by atoms with van der Waals surface area (Å²) >= 11 is 0. The van der Waals surface area contributed by atoms with Gasteiger partial charge in [-0.2, -0.15) is 0 Å². The number of fused-ring (bicyclic) bond motifs is 2. The molecule has 0 bridgehead atoms. The highest BCUT2D eigenvalue weighted by atomic mass is 32.2. The van der Waals surface area contributed by atoms with Crippen LogP contribution in [0.1, 0.15) is 32.1 Å². The lowest BCUT2D eigenvalue weighted by Gasteiger charge is -2.44. The molecular formula is C21H30N4O3S. The standard InChI is InChI=1S/C21H30N4O3S/c1-29(27,28)23-18-7-4-9-20-17(18)10-13-25(20)15-21(26)22-14-16-6-5-12-24-11-3-2-8-19(16)24/h4,7,9-10,13,16,19,23H,2-3,5-6,8,11-12,14-15H2,1H3,(H,22,26). The topological polar surface area (TPSA) is 83.4 Å². The van der Waals surface area contributed by atoms with Crippen molar-refractivity contribution in [2.24, 2.45) is 5.92 Å². The van der Waals surface area contributed by atoms with Crippen LogP contribution in [0.25, 0.3) is 10.9 Å². The summed E-state index contributed by atoms with van der Waals surface area (Å²) in [6, 6.07) is 7.89. The molecule has 7 nitrogen and oxygen atoms in total. The van der Waals surface area contributed by atoms with E-state index in [9.17, 15) is 13.2 Å². The van der Waals surface area contributed by atoms with Crippen molar-refractivity contribution in [1.82, 2.24) is 14.8 Å². The van der Waals surface area contributed by atoms with Crippen molar-refractivity contribution >= 4 is 32.5 Å². The van der Waals surface area contributed by atoms with Crippen LogP contribution in [0.15, 0.2) is 30.5 Å². The number of hydrogen-bond acceptors (Lipinski definition) is 4. The zero-order valence-corrected chi connectivity index (χ0v) is 17.7. The molecule has 2 saturated heterocycles. The average Bonchev–Trinajstić information content (AvgIpc) is 3.09. The molecule has 0 radical (unpaired) electrons. The molecule has 29 heavy (non-hydrogen) atoms. The number of rotatable bonds is 6. The Labute approximate surface area is 172 Å². The summed E-state index contributed by atoms with van der Waals surface area (Å²) < 4.78 is 27.6. The van der Waals surface area contributed by atoms with Gasteiger partial charge in [-0.15, -0.1) is 0 Å². The van der Waals surface area contributed by atoms with E-state index in [1.165, 1.54) is 45.2 Å². The first-order chi connectivity index (χ1) is 13.9. The van der Waals surface area contributed by atoms with E-state index in [-0.39, 0.29) is 12.5 Å². The van der Waals surface area contributed by atoms with E-state index >= 15 is 0 Å². The summed E-state index contributed by atoms with van der Waals surface area (Å²) in [5, 5.41) is 3.93. The van der Waals surface area contributed by atoms with Gasteiger partial charge in [-0.25, -0.2) is 8.42 Å². The second-order valence-electron chi connectivity index (χ2n) is 8.36. The predicted molar refractivity (Wildman–Crippen MR) is 115 cm³/mol. The van der Waals surface area contributed by atoms with Gasteiger partial charge in [-0.1, -0.05) is 12.5 Å². The van der Waals surface area contributed by atoms with Gasteiger partial charge in [0.05, 0.1) is 17.5 Å². The largest absolute Gasteiger partial charge is 0.354 e. The first-order valence-corrected chi connectivity index (χ1v) is 12.4. The molecule has 1 aromatic heterocycles. The highest BCUT2D eigenvalue weighted by molar-refractivity contribution is 7.92. The van der Waals surface area contributed by atoms with Crippen LogP contribution >= 0.6 is 0 Å². The molecule has 0 saturated carbocycles. The van der Waals surface area contributed by atoms with Gasteiger partial charge in [-0.3, -0.25) is 9.52 Å². The van der Waals surface area contributed by atoms with Crippen LogP contribution in [0.4, 0.5) is 5.69 Å². The quantitative estimate of drug-likeness (QED) is 0.755. The Kier molecular flexibility index (Phi) is 5.83. The second kappa shape index (κ2) is 8.36. The Morgan fingerprint density at radius 2 is 1.97 bits per heavy atom. The average molecular weight is 419 g/mol. The Morgan fingerprint density at radius 3 is 2.79 bits per heavy atom. The monoisotopic (exact) mass is 418 g/mol. The van der Waals surface area contributed by atoms with Crippen LogP contribution in [0, 0.1) is 5.92 Å². The van der Waals surface area contributed by atoms with Gasteiger partial charge in [0, 0.05) is 24.2 Å². The fraction of sp³-hybridized carbons (Fsp3) is 0.571. The summed E-state index contributed by atoms with van der Waals surface area (Å²) in [4.78, 5) is 15.2. The first kappa shape index (κ1) is 20.2. The van der Waals surface area contributed by atoms with Crippen LogP contribution in [0.2, 0.25) is 0 Å². The molecule has 2 unspecified atom stereocenters. The summed E-state index contributed by atoms with van der Waals surface area (Å²) in [6.07, 6.45) is 9.22. The van der Waals surface area contributed by atoms with E-state index in [0.29, 0.717) is 17.6 Å². The van der Waals surface area contributed by atoms with Gasteiger partial charge < -0.3 is 14.8 Å². The molecule has 1 aromatic carbocycles. The number of nitrogens with zero attached hydrogens (tertiary/aromatic N) is 2. The van der Waals surface area contributed by atoms with Crippen molar-refractivity contribution in [2.45, 2.75) is 44.7 Å². The summed E-state index contributed by atoms with van der Waals surface area (Å²) in [6.45, 7) is 3.37. The van der Waals surface area contributed by atoms with Gasteiger partial charge in [-0.05, 0) is 62.9 Å². The Hall–Kier alpha value is -2.06. The van der Waals surface area contributed by atoms with Crippen LogP contribution < -0.4 is 10.0 Å². The van der Waals surface area contributed by atoms with Crippen molar-refractivity contribution in [2.75, 3.05) is 30.6 Å². The number of piperidine rings is 2. The molecule has 2 aliphatic rings.